The van der Waals surface area contributed by atoms with Gasteiger partial charge in [-0.25, -0.2) is 15.0 Å². The van der Waals surface area contributed by atoms with Crippen LogP contribution in [0.5, 0.6) is 0 Å². The molecular weight excluding hydrogens is 344 g/mol. The number of benzene rings is 3. The van der Waals surface area contributed by atoms with Crippen LogP contribution in [0, 0.1) is 6.92 Å². The first kappa shape index (κ1) is 16.4. The minimum Gasteiger partial charge on any atom is -0.338 e. The van der Waals surface area contributed by atoms with E-state index in [0.29, 0.717) is 5.82 Å². The number of rotatable bonds is 3. The maximum atomic E-state index is 5.02. The third-order valence-electron chi connectivity index (χ3n) is 4.81. The van der Waals surface area contributed by atoms with Crippen molar-refractivity contribution in [3.63, 3.8) is 0 Å². The summed E-state index contributed by atoms with van der Waals surface area (Å²) in [7, 11) is 0. The number of aryl methyl sites for hydroxylation is 1. The van der Waals surface area contributed by atoms with E-state index >= 15 is 0 Å². The van der Waals surface area contributed by atoms with Gasteiger partial charge in [0.15, 0.2) is 5.82 Å². The van der Waals surface area contributed by atoms with Gasteiger partial charge in [0.05, 0.1) is 5.69 Å². The van der Waals surface area contributed by atoms with Crippen LogP contribution in [0.1, 0.15) is 5.56 Å². The van der Waals surface area contributed by atoms with Gasteiger partial charge in [-0.1, -0.05) is 66.2 Å². The minimum absolute atomic E-state index is 0.704. The lowest BCUT2D eigenvalue weighted by atomic mass is 10.0. The van der Waals surface area contributed by atoms with E-state index in [9.17, 15) is 0 Å². The topological polar surface area (TPSA) is 50.7 Å². The SMILES string of the molecule is Cc1ccc2c(c1)c(-c1ccccc1)nc1c(Nc3ccccc3)ncnc12. The van der Waals surface area contributed by atoms with Crippen LogP contribution in [0.2, 0.25) is 0 Å². The molecular formula is C24H18N4. The molecule has 5 rings (SSSR count). The molecule has 4 nitrogen and oxygen atoms in total. The summed E-state index contributed by atoms with van der Waals surface area (Å²) in [5.74, 6) is 0.704. The Morgan fingerprint density at radius 2 is 1.46 bits per heavy atom. The lowest BCUT2D eigenvalue weighted by molar-refractivity contribution is 1.20. The van der Waals surface area contributed by atoms with Gasteiger partial charge in [-0.2, -0.15) is 0 Å². The average Bonchev–Trinajstić information content (AvgIpc) is 2.74. The molecule has 0 saturated heterocycles. The maximum Gasteiger partial charge on any atom is 0.160 e. The van der Waals surface area contributed by atoms with Crippen molar-refractivity contribution in [1.29, 1.82) is 0 Å². The summed E-state index contributed by atoms with van der Waals surface area (Å²) in [5.41, 5.74) is 5.80. The first-order valence-corrected chi connectivity index (χ1v) is 9.22. The fourth-order valence-corrected chi connectivity index (χ4v) is 3.48. The molecule has 0 unspecified atom stereocenters. The Hall–Kier alpha value is -3.79. The number of aromatic nitrogens is 3. The Morgan fingerprint density at radius 1 is 0.714 bits per heavy atom. The van der Waals surface area contributed by atoms with Gasteiger partial charge in [-0.05, 0) is 25.1 Å². The summed E-state index contributed by atoms with van der Waals surface area (Å²) in [6.07, 6.45) is 1.59. The number of nitrogens with one attached hydrogen (secondary N) is 1. The molecule has 1 N–H and O–H groups in total. The van der Waals surface area contributed by atoms with E-state index in [1.807, 2.05) is 48.5 Å². The Kier molecular flexibility index (Phi) is 3.95. The number of para-hydroxylation sites is 1. The molecule has 0 spiro atoms. The van der Waals surface area contributed by atoms with Crippen molar-refractivity contribution in [1.82, 2.24) is 15.0 Å². The largest absolute Gasteiger partial charge is 0.338 e. The monoisotopic (exact) mass is 362 g/mol. The predicted octanol–water partition coefficient (Wildman–Crippen LogP) is 5.90. The first-order chi connectivity index (χ1) is 13.8. The average molecular weight is 362 g/mol. The number of hydrogen-bond acceptors (Lipinski definition) is 4. The van der Waals surface area contributed by atoms with Crippen molar-refractivity contribution in [2.45, 2.75) is 6.92 Å². The number of pyridine rings is 1. The highest BCUT2D eigenvalue weighted by Gasteiger charge is 2.15. The highest BCUT2D eigenvalue weighted by molar-refractivity contribution is 6.11. The Labute approximate surface area is 162 Å². The van der Waals surface area contributed by atoms with E-state index in [2.05, 4.69) is 52.5 Å². The second-order valence-electron chi connectivity index (χ2n) is 6.79. The van der Waals surface area contributed by atoms with Gasteiger partial charge in [0.2, 0.25) is 0 Å². The van der Waals surface area contributed by atoms with Crippen LogP contribution >= 0.6 is 0 Å². The molecule has 134 valence electrons. The zero-order valence-electron chi connectivity index (χ0n) is 15.4. The summed E-state index contributed by atoms with van der Waals surface area (Å²) >= 11 is 0. The molecule has 28 heavy (non-hydrogen) atoms. The Morgan fingerprint density at radius 3 is 2.25 bits per heavy atom. The molecule has 4 heteroatoms. The van der Waals surface area contributed by atoms with Crippen LogP contribution in [-0.4, -0.2) is 15.0 Å². The quantitative estimate of drug-likeness (QED) is 0.406. The van der Waals surface area contributed by atoms with E-state index in [-0.39, 0.29) is 0 Å². The van der Waals surface area contributed by atoms with E-state index in [0.717, 1.165) is 38.8 Å². The van der Waals surface area contributed by atoms with Gasteiger partial charge >= 0.3 is 0 Å². The minimum atomic E-state index is 0.704. The molecule has 0 bridgehead atoms. The zero-order valence-corrected chi connectivity index (χ0v) is 15.4. The summed E-state index contributed by atoms with van der Waals surface area (Å²) < 4.78 is 0. The number of nitrogens with zero attached hydrogens (tertiary/aromatic N) is 3. The Balaban J connectivity index is 1.82. The van der Waals surface area contributed by atoms with Crippen molar-refractivity contribution in [2.24, 2.45) is 0 Å². The third kappa shape index (κ3) is 2.85. The highest BCUT2D eigenvalue weighted by Crippen LogP contribution is 2.34. The summed E-state index contributed by atoms with van der Waals surface area (Å²) in [6.45, 7) is 2.10. The van der Waals surface area contributed by atoms with E-state index in [1.165, 1.54) is 5.56 Å². The van der Waals surface area contributed by atoms with Crippen LogP contribution < -0.4 is 5.32 Å². The lowest BCUT2D eigenvalue weighted by Crippen LogP contribution is -1.99. The molecule has 0 aliphatic carbocycles. The van der Waals surface area contributed by atoms with Crippen LogP contribution in [0.3, 0.4) is 0 Å². The predicted molar refractivity (Wildman–Crippen MR) is 115 cm³/mol. The molecule has 0 aliphatic heterocycles. The molecule has 3 aromatic carbocycles. The smallest absolute Gasteiger partial charge is 0.160 e. The van der Waals surface area contributed by atoms with Crippen molar-refractivity contribution in [2.75, 3.05) is 5.32 Å². The van der Waals surface area contributed by atoms with Crippen LogP contribution in [0.15, 0.2) is 85.2 Å². The molecule has 0 radical (unpaired) electrons. The summed E-state index contributed by atoms with van der Waals surface area (Å²) in [6, 6.07) is 26.7. The Bertz CT molecular complexity index is 1280. The summed E-state index contributed by atoms with van der Waals surface area (Å²) in [4.78, 5) is 14.1. The van der Waals surface area contributed by atoms with Crippen molar-refractivity contribution in [3.8, 4) is 11.3 Å². The first-order valence-electron chi connectivity index (χ1n) is 9.22. The molecule has 2 heterocycles. The molecule has 0 atom stereocenters. The highest BCUT2D eigenvalue weighted by atomic mass is 15.0. The van der Waals surface area contributed by atoms with E-state index < -0.39 is 0 Å². The zero-order chi connectivity index (χ0) is 18.9. The maximum absolute atomic E-state index is 5.02. The van der Waals surface area contributed by atoms with E-state index in [4.69, 9.17) is 4.98 Å². The van der Waals surface area contributed by atoms with Crippen LogP contribution in [0.4, 0.5) is 11.5 Å². The second kappa shape index (κ2) is 6.74. The second-order valence-corrected chi connectivity index (χ2v) is 6.79. The summed E-state index contributed by atoms with van der Waals surface area (Å²) in [5, 5.41) is 5.56. The van der Waals surface area contributed by atoms with Gasteiger partial charge in [0.1, 0.15) is 17.4 Å². The molecule has 0 aliphatic rings. The molecule has 2 aromatic heterocycles. The van der Waals surface area contributed by atoms with E-state index in [1.54, 1.807) is 6.33 Å². The van der Waals surface area contributed by atoms with Gasteiger partial charge < -0.3 is 5.32 Å². The van der Waals surface area contributed by atoms with Crippen molar-refractivity contribution >= 4 is 33.3 Å². The van der Waals surface area contributed by atoms with Crippen molar-refractivity contribution in [3.05, 3.63) is 90.8 Å². The number of fused-ring (bicyclic) bond motifs is 3. The number of hydrogen-bond donors (Lipinski definition) is 1. The standard InChI is InChI=1S/C24H18N4/c1-16-12-13-19-20(14-16)21(17-8-4-2-5-9-17)28-23-22(19)25-15-26-24(23)27-18-10-6-3-7-11-18/h2-15H,1H3,(H,25,26,27). The fourth-order valence-electron chi connectivity index (χ4n) is 3.48. The molecule has 0 fully saturated rings. The van der Waals surface area contributed by atoms with Crippen LogP contribution in [0.25, 0.3) is 33.1 Å². The van der Waals surface area contributed by atoms with Gasteiger partial charge in [0, 0.05) is 22.0 Å². The van der Waals surface area contributed by atoms with Gasteiger partial charge in [-0.3, -0.25) is 0 Å². The lowest BCUT2D eigenvalue weighted by Gasteiger charge is -2.13. The number of anilines is 2. The van der Waals surface area contributed by atoms with Crippen LogP contribution in [-0.2, 0) is 0 Å². The molecule has 0 amide bonds. The third-order valence-corrected chi connectivity index (χ3v) is 4.81. The van der Waals surface area contributed by atoms with Gasteiger partial charge in [-0.15, -0.1) is 0 Å². The molecule has 5 aromatic rings. The molecule has 0 saturated carbocycles. The van der Waals surface area contributed by atoms with Gasteiger partial charge in [0.25, 0.3) is 0 Å². The fraction of sp³-hybridized carbons (Fsp3) is 0.0417. The van der Waals surface area contributed by atoms with Crippen molar-refractivity contribution < 1.29 is 0 Å². The normalized spacial score (nSPS) is 11.0.